The second-order valence-electron chi connectivity index (χ2n) is 4.63. The minimum atomic E-state index is -0.336. The van der Waals surface area contributed by atoms with Gasteiger partial charge in [0.25, 0.3) is 0 Å². The van der Waals surface area contributed by atoms with Crippen molar-refractivity contribution >= 4 is 17.5 Å². The maximum atomic E-state index is 13.5. The van der Waals surface area contributed by atoms with Crippen LogP contribution in [0.2, 0.25) is 0 Å². The summed E-state index contributed by atoms with van der Waals surface area (Å²) in [6.07, 6.45) is 2.91. The number of hydrogen-bond acceptors (Lipinski definition) is 2. The predicted octanol–water partition coefficient (Wildman–Crippen LogP) is 3.79. The average molecular weight is 269 g/mol. The van der Waals surface area contributed by atoms with Crippen LogP contribution in [0.3, 0.4) is 0 Å². The molecule has 0 heterocycles. The Morgan fingerprint density at radius 2 is 1.70 bits per heavy atom. The Balaban J connectivity index is 2.27. The molecular formula is C17H16FNO. The smallest absolute Gasteiger partial charge is 0.187 e. The summed E-state index contributed by atoms with van der Waals surface area (Å²) < 4.78 is 13.5. The van der Waals surface area contributed by atoms with Gasteiger partial charge in [0, 0.05) is 30.9 Å². The largest absolute Gasteiger partial charge is 0.377 e. The number of carbonyl (C=O) groups is 1. The highest BCUT2D eigenvalue weighted by atomic mass is 19.1. The molecule has 0 unspecified atom stereocenters. The first-order valence-electron chi connectivity index (χ1n) is 6.33. The second kappa shape index (κ2) is 6.15. The van der Waals surface area contributed by atoms with Gasteiger partial charge in [-0.25, -0.2) is 4.39 Å². The molecule has 0 radical (unpaired) electrons. The van der Waals surface area contributed by atoms with Gasteiger partial charge >= 0.3 is 0 Å². The van der Waals surface area contributed by atoms with Gasteiger partial charge < -0.3 is 4.90 Å². The standard InChI is InChI=1S/C17H16FNO/c1-19(2)16-10-6-4-8-14(16)17(20)12-11-13-7-3-5-9-15(13)18/h3-12H,1-2H3. The Morgan fingerprint density at radius 1 is 1.05 bits per heavy atom. The topological polar surface area (TPSA) is 20.3 Å². The Bertz CT molecular complexity index is 647. The molecule has 0 aliphatic heterocycles. The summed E-state index contributed by atoms with van der Waals surface area (Å²) in [7, 11) is 3.76. The molecule has 0 aromatic heterocycles. The predicted molar refractivity (Wildman–Crippen MR) is 80.5 cm³/mol. The monoisotopic (exact) mass is 269 g/mol. The van der Waals surface area contributed by atoms with Crippen LogP contribution in [0, 0.1) is 5.82 Å². The zero-order valence-electron chi connectivity index (χ0n) is 11.5. The molecule has 0 fully saturated rings. The van der Waals surface area contributed by atoms with Gasteiger partial charge in [-0.1, -0.05) is 30.3 Å². The molecule has 3 heteroatoms. The van der Waals surface area contributed by atoms with Crippen LogP contribution in [-0.2, 0) is 0 Å². The van der Waals surface area contributed by atoms with E-state index < -0.39 is 0 Å². The molecule has 0 atom stereocenters. The third kappa shape index (κ3) is 3.12. The van der Waals surface area contributed by atoms with Gasteiger partial charge in [-0.15, -0.1) is 0 Å². The van der Waals surface area contributed by atoms with Gasteiger partial charge in [0.2, 0.25) is 0 Å². The van der Waals surface area contributed by atoms with E-state index in [2.05, 4.69) is 0 Å². The summed E-state index contributed by atoms with van der Waals surface area (Å²) in [5.74, 6) is -0.477. The Hall–Kier alpha value is -2.42. The zero-order valence-corrected chi connectivity index (χ0v) is 11.5. The second-order valence-corrected chi connectivity index (χ2v) is 4.63. The SMILES string of the molecule is CN(C)c1ccccc1C(=O)C=Cc1ccccc1F. The number of rotatable bonds is 4. The van der Waals surface area contributed by atoms with Gasteiger partial charge in [0.15, 0.2) is 5.78 Å². The molecule has 0 amide bonds. The van der Waals surface area contributed by atoms with Crippen LogP contribution in [0.4, 0.5) is 10.1 Å². The Morgan fingerprint density at radius 3 is 2.40 bits per heavy atom. The van der Waals surface area contributed by atoms with Gasteiger partial charge in [0.05, 0.1) is 0 Å². The van der Waals surface area contributed by atoms with Crippen LogP contribution in [0.25, 0.3) is 6.08 Å². The van der Waals surface area contributed by atoms with E-state index in [1.54, 1.807) is 24.3 Å². The van der Waals surface area contributed by atoms with E-state index >= 15 is 0 Å². The molecule has 20 heavy (non-hydrogen) atoms. The molecule has 0 aliphatic rings. The van der Waals surface area contributed by atoms with Gasteiger partial charge in [0.1, 0.15) is 5.82 Å². The van der Waals surface area contributed by atoms with E-state index in [9.17, 15) is 9.18 Å². The number of nitrogens with zero attached hydrogens (tertiary/aromatic N) is 1. The summed E-state index contributed by atoms with van der Waals surface area (Å²) in [5.41, 5.74) is 1.85. The number of carbonyl (C=O) groups excluding carboxylic acids is 1. The van der Waals surface area contributed by atoms with Crippen LogP contribution in [-0.4, -0.2) is 19.9 Å². The van der Waals surface area contributed by atoms with Crippen molar-refractivity contribution in [1.82, 2.24) is 0 Å². The average Bonchev–Trinajstić information content (AvgIpc) is 2.46. The van der Waals surface area contributed by atoms with E-state index in [4.69, 9.17) is 0 Å². The maximum Gasteiger partial charge on any atom is 0.187 e. The van der Waals surface area contributed by atoms with Crippen molar-refractivity contribution in [3.8, 4) is 0 Å². The highest BCUT2D eigenvalue weighted by molar-refractivity contribution is 6.10. The molecule has 0 aliphatic carbocycles. The lowest BCUT2D eigenvalue weighted by molar-refractivity contribution is 0.104. The molecule has 2 rings (SSSR count). The number of anilines is 1. The molecule has 2 nitrogen and oxygen atoms in total. The van der Waals surface area contributed by atoms with Crippen LogP contribution in [0.1, 0.15) is 15.9 Å². The quantitative estimate of drug-likeness (QED) is 0.621. The Labute approximate surface area is 118 Å². The van der Waals surface area contributed by atoms with E-state index in [-0.39, 0.29) is 11.6 Å². The number of benzene rings is 2. The van der Waals surface area contributed by atoms with E-state index in [0.717, 1.165) is 5.69 Å². The van der Waals surface area contributed by atoms with Gasteiger partial charge in [-0.2, -0.15) is 0 Å². The van der Waals surface area contributed by atoms with Crippen molar-refractivity contribution in [3.63, 3.8) is 0 Å². The first kappa shape index (κ1) is 14.0. The first-order chi connectivity index (χ1) is 9.59. The van der Waals surface area contributed by atoms with Gasteiger partial charge in [-0.3, -0.25) is 4.79 Å². The highest BCUT2D eigenvalue weighted by Crippen LogP contribution is 2.19. The van der Waals surface area contributed by atoms with E-state index in [1.165, 1.54) is 18.2 Å². The lowest BCUT2D eigenvalue weighted by Gasteiger charge is -2.15. The molecule has 102 valence electrons. The summed E-state index contributed by atoms with van der Waals surface area (Å²) in [6.45, 7) is 0. The number of hydrogen-bond donors (Lipinski definition) is 0. The number of ketones is 1. The van der Waals surface area contributed by atoms with Crippen LogP contribution in [0.15, 0.2) is 54.6 Å². The first-order valence-corrected chi connectivity index (χ1v) is 6.33. The van der Waals surface area contributed by atoms with Crippen molar-refractivity contribution in [1.29, 1.82) is 0 Å². The summed E-state index contributed by atoms with van der Waals surface area (Å²) >= 11 is 0. The summed E-state index contributed by atoms with van der Waals surface area (Å²) in [6, 6.07) is 13.7. The molecular weight excluding hydrogens is 253 g/mol. The fraction of sp³-hybridized carbons (Fsp3) is 0.118. The molecule has 0 N–H and O–H groups in total. The summed E-state index contributed by atoms with van der Waals surface area (Å²) in [4.78, 5) is 14.1. The lowest BCUT2D eigenvalue weighted by atomic mass is 10.1. The lowest BCUT2D eigenvalue weighted by Crippen LogP contribution is -2.13. The number of allylic oxidation sites excluding steroid dienone is 1. The number of para-hydroxylation sites is 1. The maximum absolute atomic E-state index is 13.5. The van der Waals surface area contributed by atoms with Crippen LogP contribution in [0.5, 0.6) is 0 Å². The van der Waals surface area contributed by atoms with Crippen LogP contribution < -0.4 is 4.90 Å². The molecule has 0 saturated carbocycles. The molecule has 0 bridgehead atoms. The van der Waals surface area contributed by atoms with Crippen molar-refractivity contribution in [2.75, 3.05) is 19.0 Å². The minimum absolute atomic E-state index is 0.141. The zero-order chi connectivity index (χ0) is 14.5. The third-order valence-corrected chi connectivity index (χ3v) is 2.97. The van der Waals surface area contributed by atoms with E-state index in [1.807, 2.05) is 37.2 Å². The van der Waals surface area contributed by atoms with E-state index in [0.29, 0.717) is 11.1 Å². The third-order valence-electron chi connectivity index (χ3n) is 2.97. The van der Waals surface area contributed by atoms with Crippen molar-refractivity contribution in [2.45, 2.75) is 0 Å². The van der Waals surface area contributed by atoms with Crippen molar-refractivity contribution in [3.05, 3.63) is 71.6 Å². The molecule has 2 aromatic rings. The van der Waals surface area contributed by atoms with Crippen molar-refractivity contribution < 1.29 is 9.18 Å². The normalized spacial score (nSPS) is 10.8. The van der Waals surface area contributed by atoms with Crippen molar-refractivity contribution in [2.24, 2.45) is 0 Å². The fourth-order valence-corrected chi connectivity index (χ4v) is 1.94. The summed E-state index contributed by atoms with van der Waals surface area (Å²) in [5, 5.41) is 0. The Kier molecular flexibility index (Phi) is 4.31. The van der Waals surface area contributed by atoms with Crippen LogP contribution >= 0.6 is 0 Å². The minimum Gasteiger partial charge on any atom is -0.377 e. The highest BCUT2D eigenvalue weighted by Gasteiger charge is 2.09. The fourth-order valence-electron chi connectivity index (χ4n) is 1.94. The molecule has 2 aromatic carbocycles. The van der Waals surface area contributed by atoms with Gasteiger partial charge in [-0.05, 0) is 30.4 Å². The molecule has 0 saturated heterocycles. The number of halogens is 1. The molecule has 0 spiro atoms.